The largest absolute Gasteiger partial charge is 0.419 e. The van der Waals surface area contributed by atoms with Crippen LogP contribution in [0.2, 0.25) is 0 Å². The number of hydrogen-bond donors (Lipinski definition) is 0. The SMILES string of the molecule is CC(=O)O[C@@](F)(c1ccccc1)[C@](F)(Cl)Br. The molecular weight excluding hydrogens is 305 g/mol. The van der Waals surface area contributed by atoms with E-state index in [0.29, 0.717) is 0 Å². The second-order valence-electron chi connectivity index (χ2n) is 3.05. The van der Waals surface area contributed by atoms with E-state index in [-0.39, 0.29) is 5.56 Å². The van der Waals surface area contributed by atoms with Crippen molar-refractivity contribution in [2.24, 2.45) is 0 Å². The Kier molecular flexibility index (Phi) is 3.91. The topological polar surface area (TPSA) is 26.3 Å². The summed E-state index contributed by atoms with van der Waals surface area (Å²) in [5.41, 5.74) is -0.195. The molecule has 0 radical (unpaired) electrons. The quantitative estimate of drug-likeness (QED) is 0.629. The van der Waals surface area contributed by atoms with Crippen LogP contribution in [0.15, 0.2) is 30.3 Å². The summed E-state index contributed by atoms with van der Waals surface area (Å²) in [6.45, 7) is 0.965. The van der Waals surface area contributed by atoms with E-state index in [2.05, 4.69) is 20.7 Å². The summed E-state index contributed by atoms with van der Waals surface area (Å²) in [6.07, 6.45) is 0. The first-order valence-corrected chi connectivity index (χ1v) is 5.45. The van der Waals surface area contributed by atoms with Crippen LogP contribution in [0.3, 0.4) is 0 Å². The minimum atomic E-state index is -3.08. The number of halogens is 4. The lowest BCUT2D eigenvalue weighted by atomic mass is 10.1. The van der Waals surface area contributed by atoms with Crippen LogP contribution in [-0.4, -0.2) is 10.0 Å². The Balaban J connectivity index is 3.21. The van der Waals surface area contributed by atoms with Crippen LogP contribution in [0.1, 0.15) is 12.5 Å². The molecule has 2 nitrogen and oxygen atoms in total. The summed E-state index contributed by atoms with van der Waals surface area (Å²) in [4.78, 5) is 10.8. The second kappa shape index (κ2) is 4.67. The Morgan fingerprint density at radius 2 is 1.88 bits per heavy atom. The highest BCUT2D eigenvalue weighted by molar-refractivity contribution is 9.10. The molecule has 0 saturated carbocycles. The van der Waals surface area contributed by atoms with Gasteiger partial charge < -0.3 is 4.74 Å². The van der Waals surface area contributed by atoms with E-state index < -0.39 is 15.9 Å². The number of alkyl halides is 4. The molecule has 1 aromatic rings. The first-order chi connectivity index (χ1) is 7.27. The maximum Gasteiger partial charge on any atom is 0.334 e. The summed E-state index contributed by atoms with van der Waals surface area (Å²) >= 11 is 7.53. The zero-order chi connectivity index (χ0) is 12.4. The summed E-state index contributed by atoms with van der Waals surface area (Å²) in [5.74, 6) is -4.06. The van der Waals surface area contributed by atoms with Crippen LogP contribution in [0, 0.1) is 0 Å². The molecule has 1 aromatic carbocycles. The third kappa shape index (κ3) is 2.71. The minimum absolute atomic E-state index is 0.195. The zero-order valence-corrected chi connectivity index (χ0v) is 10.6. The lowest BCUT2D eigenvalue weighted by Gasteiger charge is -2.30. The van der Waals surface area contributed by atoms with E-state index in [1.54, 1.807) is 6.07 Å². The number of carbonyl (C=O) groups is 1. The maximum absolute atomic E-state index is 14.3. The summed E-state index contributed by atoms with van der Waals surface area (Å²) in [6, 6.07) is 7.09. The van der Waals surface area contributed by atoms with Crippen molar-refractivity contribution in [3.8, 4) is 0 Å². The van der Waals surface area contributed by atoms with Crippen molar-refractivity contribution in [1.29, 1.82) is 0 Å². The van der Waals surface area contributed by atoms with Crippen molar-refractivity contribution in [1.82, 2.24) is 0 Å². The molecule has 88 valence electrons. The lowest BCUT2D eigenvalue weighted by Crippen LogP contribution is -2.40. The molecule has 0 aliphatic heterocycles. The number of carbonyl (C=O) groups excluding carboxylic acids is 1. The van der Waals surface area contributed by atoms with Gasteiger partial charge in [0.2, 0.25) is 0 Å². The van der Waals surface area contributed by atoms with E-state index in [1.807, 2.05) is 0 Å². The Morgan fingerprint density at radius 3 is 2.25 bits per heavy atom. The Hall–Kier alpha value is -0.680. The van der Waals surface area contributed by atoms with Gasteiger partial charge in [0.25, 0.3) is 0 Å². The van der Waals surface area contributed by atoms with Gasteiger partial charge in [-0.1, -0.05) is 41.9 Å². The first-order valence-electron chi connectivity index (χ1n) is 4.28. The van der Waals surface area contributed by atoms with Crippen molar-refractivity contribution in [2.75, 3.05) is 0 Å². The molecule has 0 unspecified atom stereocenters. The summed E-state index contributed by atoms with van der Waals surface area (Å²) in [7, 11) is 0. The molecule has 0 N–H and O–H groups in total. The van der Waals surface area contributed by atoms with Gasteiger partial charge in [-0.05, 0) is 15.9 Å². The van der Waals surface area contributed by atoms with Gasteiger partial charge in [0, 0.05) is 12.5 Å². The van der Waals surface area contributed by atoms with Crippen LogP contribution in [-0.2, 0) is 15.4 Å². The molecule has 0 bridgehead atoms. The number of esters is 1. The molecule has 0 amide bonds. The molecule has 0 aromatic heterocycles. The molecule has 0 heterocycles. The van der Waals surface area contributed by atoms with Gasteiger partial charge in [0.05, 0.1) is 0 Å². The van der Waals surface area contributed by atoms with E-state index >= 15 is 0 Å². The molecular formula is C10H8BrClF2O2. The molecule has 0 aliphatic carbocycles. The van der Waals surface area contributed by atoms with Crippen LogP contribution in [0.25, 0.3) is 0 Å². The standard InChI is InChI=1S/C10H8BrClF2O2/c1-7(15)16-9(13,10(11,12)14)8-5-3-2-4-6-8/h2-6H,1H3/t9-,10+/m0/s1. The van der Waals surface area contributed by atoms with Crippen LogP contribution < -0.4 is 0 Å². The third-order valence-electron chi connectivity index (χ3n) is 1.79. The van der Waals surface area contributed by atoms with Crippen LogP contribution in [0.5, 0.6) is 0 Å². The van der Waals surface area contributed by atoms with E-state index in [4.69, 9.17) is 11.6 Å². The molecule has 16 heavy (non-hydrogen) atoms. The van der Waals surface area contributed by atoms with Gasteiger partial charge in [0.1, 0.15) is 0 Å². The first kappa shape index (κ1) is 13.4. The van der Waals surface area contributed by atoms with Crippen LogP contribution >= 0.6 is 27.5 Å². The van der Waals surface area contributed by atoms with Gasteiger partial charge in [-0.15, -0.1) is 0 Å². The number of benzene rings is 1. The van der Waals surface area contributed by atoms with Crippen molar-refractivity contribution >= 4 is 33.5 Å². The number of hydrogen-bond acceptors (Lipinski definition) is 2. The molecule has 1 rings (SSSR count). The highest BCUT2D eigenvalue weighted by atomic mass is 79.9. The maximum atomic E-state index is 14.3. The molecule has 6 heteroatoms. The van der Waals surface area contributed by atoms with Crippen molar-refractivity contribution < 1.29 is 18.3 Å². The fraction of sp³-hybridized carbons (Fsp3) is 0.300. The number of rotatable bonds is 3. The summed E-state index contributed by atoms with van der Waals surface area (Å²) < 4.78 is 29.1. The normalized spacial score (nSPS) is 18.3. The molecule has 2 atom stereocenters. The Labute approximate surface area is 105 Å². The van der Waals surface area contributed by atoms with Gasteiger partial charge in [-0.25, -0.2) is 4.39 Å². The molecule has 0 fully saturated rings. The molecule has 0 spiro atoms. The van der Waals surface area contributed by atoms with Crippen molar-refractivity contribution in [3.63, 3.8) is 0 Å². The minimum Gasteiger partial charge on any atom is -0.419 e. The highest BCUT2D eigenvalue weighted by Crippen LogP contribution is 2.48. The third-order valence-corrected chi connectivity index (χ3v) is 2.55. The van der Waals surface area contributed by atoms with Crippen molar-refractivity contribution in [2.45, 2.75) is 16.8 Å². The number of ether oxygens (including phenoxy) is 1. The predicted molar refractivity (Wildman–Crippen MR) is 59.6 cm³/mol. The van der Waals surface area contributed by atoms with Gasteiger partial charge >= 0.3 is 15.9 Å². The smallest absolute Gasteiger partial charge is 0.334 e. The Morgan fingerprint density at radius 1 is 1.38 bits per heavy atom. The predicted octanol–water partition coefficient (Wildman–Crippen LogP) is 3.63. The monoisotopic (exact) mass is 312 g/mol. The van der Waals surface area contributed by atoms with Gasteiger partial charge in [-0.3, -0.25) is 4.79 Å². The van der Waals surface area contributed by atoms with Gasteiger partial charge in [0.15, 0.2) is 0 Å². The summed E-state index contributed by atoms with van der Waals surface area (Å²) in [5, 5.41) is 0. The highest BCUT2D eigenvalue weighted by Gasteiger charge is 2.55. The van der Waals surface area contributed by atoms with E-state index in [9.17, 15) is 13.6 Å². The van der Waals surface area contributed by atoms with Crippen molar-refractivity contribution in [3.05, 3.63) is 35.9 Å². The average molecular weight is 314 g/mol. The Bertz CT molecular complexity index is 380. The van der Waals surface area contributed by atoms with E-state index in [0.717, 1.165) is 6.92 Å². The van der Waals surface area contributed by atoms with Gasteiger partial charge in [-0.2, -0.15) is 4.39 Å². The molecule has 0 aliphatic rings. The lowest BCUT2D eigenvalue weighted by molar-refractivity contribution is -0.197. The van der Waals surface area contributed by atoms with Crippen LogP contribution in [0.4, 0.5) is 8.78 Å². The molecule has 0 saturated heterocycles. The van der Waals surface area contributed by atoms with E-state index in [1.165, 1.54) is 24.3 Å². The second-order valence-corrected chi connectivity index (χ2v) is 5.12. The fourth-order valence-corrected chi connectivity index (χ4v) is 1.59. The average Bonchev–Trinajstić information content (AvgIpc) is 2.16. The zero-order valence-electron chi connectivity index (χ0n) is 8.22. The fourth-order valence-electron chi connectivity index (χ4n) is 1.13.